The van der Waals surface area contributed by atoms with Crippen LogP contribution in [0.1, 0.15) is 19.4 Å². The number of nitrogens with zero attached hydrogens (tertiary/aromatic N) is 1. The third-order valence-corrected chi connectivity index (χ3v) is 2.76. The first-order valence-electron chi connectivity index (χ1n) is 6.29. The fourth-order valence-electron chi connectivity index (χ4n) is 2.23. The normalized spacial score (nSPS) is 12.3. The minimum atomic E-state index is -0.330. The molecule has 0 N–H and O–H groups in total. The predicted molar refractivity (Wildman–Crippen MR) is 77.2 cm³/mol. The third-order valence-electron chi connectivity index (χ3n) is 2.76. The minimum absolute atomic E-state index is 0. The van der Waals surface area contributed by atoms with Crippen LogP contribution in [0.5, 0.6) is 0 Å². The van der Waals surface area contributed by atoms with Gasteiger partial charge in [0, 0.05) is 0 Å². The van der Waals surface area contributed by atoms with E-state index in [0.717, 1.165) is 16.6 Å². The zero-order chi connectivity index (χ0) is 13.8. The number of rotatable bonds is 5. The summed E-state index contributed by atoms with van der Waals surface area (Å²) >= 11 is 0. The number of halogens is 1. The van der Waals surface area contributed by atoms with Crippen LogP contribution in [-0.4, -0.2) is 38.0 Å². The third kappa shape index (κ3) is 6.87. The number of benzene rings is 1. The highest BCUT2D eigenvalue weighted by molar-refractivity contribution is 5.97. The van der Waals surface area contributed by atoms with E-state index in [1.807, 2.05) is 50.3 Å². The molecule has 0 aliphatic rings. The zero-order valence-electron chi connectivity index (χ0n) is 12.5. The van der Waals surface area contributed by atoms with Gasteiger partial charge in [-0.15, -0.1) is 0 Å². The van der Waals surface area contributed by atoms with Gasteiger partial charge < -0.3 is 28.5 Å². The minimum Gasteiger partial charge on any atom is -1.00 e. The van der Waals surface area contributed by atoms with E-state index in [1.165, 1.54) is 0 Å². The first-order chi connectivity index (χ1) is 8.21. The Morgan fingerprint density at radius 2 is 1.68 bits per heavy atom. The van der Waals surface area contributed by atoms with Crippen molar-refractivity contribution in [2.24, 2.45) is 5.41 Å². The standard InChI is InChI=1S/C16H24NO.HI/c1-16(2,13-17(3,4)5)15(18)12-11-14-9-7-6-8-10-14;/h6-12H,13H2,1-5H3;1H/q+1;/p-1/b12-11+;. The van der Waals surface area contributed by atoms with Gasteiger partial charge in [0.05, 0.1) is 33.1 Å². The van der Waals surface area contributed by atoms with Gasteiger partial charge in [0.2, 0.25) is 0 Å². The Balaban J connectivity index is 0.00000324. The highest BCUT2D eigenvalue weighted by Gasteiger charge is 2.31. The number of ketones is 1. The molecule has 0 saturated carbocycles. The molecule has 0 aliphatic carbocycles. The molecule has 1 aromatic rings. The number of carbonyl (C=O) groups excluding carboxylic acids is 1. The summed E-state index contributed by atoms with van der Waals surface area (Å²) in [4.78, 5) is 12.2. The van der Waals surface area contributed by atoms with Crippen LogP contribution in [0.25, 0.3) is 6.08 Å². The average Bonchev–Trinajstić information content (AvgIpc) is 2.24. The summed E-state index contributed by atoms with van der Waals surface area (Å²) in [5.41, 5.74) is 0.732. The van der Waals surface area contributed by atoms with Crippen LogP contribution < -0.4 is 24.0 Å². The number of hydrogen-bond donors (Lipinski definition) is 0. The summed E-state index contributed by atoms with van der Waals surface area (Å²) in [7, 11) is 6.32. The highest BCUT2D eigenvalue weighted by atomic mass is 127. The molecule has 0 heterocycles. The molecule has 106 valence electrons. The van der Waals surface area contributed by atoms with E-state index in [2.05, 4.69) is 21.1 Å². The molecular formula is C16H24INO. The molecule has 0 unspecified atom stereocenters. The van der Waals surface area contributed by atoms with E-state index in [-0.39, 0.29) is 35.2 Å². The van der Waals surface area contributed by atoms with E-state index >= 15 is 0 Å². The van der Waals surface area contributed by atoms with Gasteiger partial charge in [-0.3, -0.25) is 4.79 Å². The quantitative estimate of drug-likeness (QED) is 0.404. The topological polar surface area (TPSA) is 17.1 Å². The molecule has 0 aromatic heterocycles. The smallest absolute Gasteiger partial charge is 0.166 e. The van der Waals surface area contributed by atoms with Crippen molar-refractivity contribution >= 4 is 11.9 Å². The molecule has 19 heavy (non-hydrogen) atoms. The zero-order valence-corrected chi connectivity index (χ0v) is 14.6. The van der Waals surface area contributed by atoms with Crippen molar-refractivity contribution in [1.29, 1.82) is 0 Å². The predicted octanol–water partition coefficient (Wildman–Crippen LogP) is 0.00530. The van der Waals surface area contributed by atoms with Crippen molar-refractivity contribution in [3.05, 3.63) is 42.0 Å². The van der Waals surface area contributed by atoms with Gasteiger partial charge in [-0.25, -0.2) is 0 Å². The monoisotopic (exact) mass is 373 g/mol. The molecule has 0 saturated heterocycles. The molecular weight excluding hydrogens is 349 g/mol. The first kappa shape index (κ1) is 18.3. The molecule has 0 spiro atoms. The Bertz CT molecular complexity index is 430. The van der Waals surface area contributed by atoms with Gasteiger partial charge in [-0.2, -0.15) is 0 Å². The largest absolute Gasteiger partial charge is 1.00 e. The van der Waals surface area contributed by atoms with Gasteiger partial charge in [0.15, 0.2) is 5.78 Å². The number of carbonyl (C=O) groups is 1. The van der Waals surface area contributed by atoms with Gasteiger partial charge >= 0.3 is 0 Å². The lowest BCUT2D eigenvalue weighted by Crippen LogP contribution is -3.00. The molecule has 3 heteroatoms. The highest BCUT2D eigenvalue weighted by Crippen LogP contribution is 2.21. The fourth-order valence-corrected chi connectivity index (χ4v) is 2.23. The van der Waals surface area contributed by atoms with Gasteiger partial charge in [0.25, 0.3) is 0 Å². The summed E-state index contributed by atoms with van der Waals surface area (Å²) in [6, 6.07) is 9.91. The lowest BCUT2D eigenvalue weighted by Gasteiger charge is -2.32. The molecule has 0 fully saturated rings. The number of allylic oxidation sites excluding steroid dienone is 1. The van der Waals surface area contributed by atoms with Crippen LogP contribution in [0, 0.1) is 5.41 Å². The maximum Gasteiger partial charge on any atom is 0.166 e. The summed E-state index contributed by atoms with van der Waals surface area (Å²) in [6.45, 7) is 4.84. The molecule has 0 atom stereocenters. The summed E-state index contributed by atoms with van der Waals surface area (Å²) in [5.74, 6) is 0.180. The Morgan fingerprint density at radius 3 is 2.16 bits per heavy atom. The maximum atomic E-state index is 12.2. The Labute approximate surface area is 134 Å². The Hall–Kier alpha value is -0.680. The van der Waals surface area contributed by atoms with E-state index in [4.69, 9.17) is 0 Å². The van der Waals surface area contributed by atoms with Crippen molar-refractivity contribution in [3.8, 4) is 0 Å². The number of hydrogen-bond acceptors (Lipinski definition) is 1. The van der Waals surface area contributed by atoms with Gasteiger partial charge in [-0.05, 0) is 25.5 Å². The molecule has 1 rings (SSSR count). The second kappa shape index (κ2) is 7.20. The van der Waals surface area contributed by atoms with Crippen molar-refractivity contribution in [2.45, 2.75) is 13.8 Å². The average molecular weight is 373 g/mol. The lowest BCUT2D eigenvalue weighted by atomic mass is 9.86. The Morgan fingerprint density at radius 1 is 1.16 bits per heavy atom. The number of quaternary nitrogens is 1. The van der Waals surface area contributed by atoms with Crippen LogP contribution in [0.15, 0.2) is 36.4 Å². The van der Waals surface area contributed by atoms with Crippen molar-refractivity contribution in [2.75, 3.05) is 27.7 Å². The van der Waals surface area contributed by atoms with Crippen molar-refractivity contribution in [1.82, 2.24) is 0 Å². The van der Waals surface area contributed by atoms with E-state index in [0.29, 0.717) is 0 Å². The van der Waals surface area contributed by atoms with E-state index in [9.17, 15) is 4.79 Å². The lowest BCUT2D eigenvalue weighted by molar-refractivity contribution is -0.875. The molecule has 1 aromatic carbocycles. The maximum absolute atomic E-state index is 12.2. The van der Waals surface area contributed by atoms with E-state index < -0.39 is 0 Å². The Kier molecular flexibility index (Phi) is 6.94. The van der Waals surface area contributed by atoms with Crippen molar-refractivity contribution in [3.63, 3.8) is 0 Å². The van der Waals surface area contributed by atoms with E-state index in [1.54, 1.807) is 6.08 Å². The SMILES string of the molecule is CC(C)(C[N+](C)(C)C)C(=O)/C=C/c1ccccc1.[I-]. The van der Waals surface area contributed by atoms with Crippen LogP contribution in [-0.2, 0) is 4.79 Å². The second-order valence-corrected chi connectivity index (χ2v) is 6.44. The van der Waals surface area contributed by atoms with Crippen LogP contribution in [0.3, 0.4) is 0 Å². The summed E-state index contributed by atoms with van der Waals surface area (Å²) in [5, 5.41) is 0. The molecule has 0 aliphatic heterocycles. The molecule has 0 bridgehead atoms. The first-order valence-corrected chi connectivity index (χ1v) is 6.29. The fraction of sp³-hybridized carbons (Fsp3) is 0.438. The summed E-state index contributed by atoms with van der Waals surface area (Å²) < 4.78 is 0.790. The van der Waals surface area contributed by atoms with Crippen LogP contribution in [0.2, 0.25) is 0 Å². The summed E-state index contributed by atoms with van der Waals surface area (Å²) in [6.07, 6.45) is 3.59. The van der Waals surface area contributed by atoms with Crippen LogP contribution in [0.4, 0.5) is 0 Å². The molecule has 2 nitrogen and oxygen atoms in total. The van der Waals surface area contributed by atoms with Crippen molar-refractivity contribution < 1.29 is 33.3 Å². The van der Waals surface area contributed by atoms with Gasteiger partial charge in [0.1, 0.15) is 0 Å². The van der Waals surface area contributed by atoms with Gasteiger partial charge in [-0.1, -0.05) is 36.4 Å². The molecule has 0 radical (unpaired) electrons. The molecule has 0 amide bonds. The second-order valence-electron chi connectivity index (χ2n) is 6.44. The van der Waals surface area contributed by atoms with Crippen LogP contribution >= 0.6 is 0 Å².